The van der Waals surface area contributed by atoms with Crippen LogP contribution in [0.4, 0.5) is 22.7 Å². The molecular formula is C33H36N2OSi. The molecule has 4 aromatic rings. The topological polar surface area (TPSA) is 33.3 Å². The molecule has 188 valence electrons. The van der Waals surface area contributed by atoms with Crippen LogP contribution in [0.25, 0.3) is 11.1 Å². The molecule has 0 bridgehead atoms. The van der Waals surface area contributed by atoms with Gasteiger partial charge in [-0.25, -0.2) is 0 Å². The molecule has 37 heavy (non-hydrogen) atoms. The van der Waals surface area contributed by atoms with Crippen molar-refractivity contribution in [3.63, 3.8) is 0 Å². The quantitative estimate of drug-likeness (QED) is 0.149. The van der Waals surface area contributed by atoms with Crippen LogP contribution in [-0.2, 0) is 4.43 Å². The molecule has 3 nitrogen and oxygen atoms in total. The van der Waals surface area contributed by atoms with Gasteiger partial charge in [-0.2, -0.15) is 0 Å². The van der Waals surface area contributed by atoms with Crippen molar-refractivity contribution in [1.82, 2.24) is 0 Å². The highest BCUT2D eigenvalue weighted by Gasteiger charge is 2.34. The van der Waals surface area contributed by atoms with Gasteiger partial charge < -0.3 is 15.1 Å². The number of rotatable bonds is 12. The third-order valence-electron chi connectivity index (χ3n) is 6.51. The van der Waals surface area contributed by atoms with E-state index in [1.54, 1.807) is 0 Å². The zero-order valence-corrected chi connectivity index (χ0v) is 22.8. The molecule has 0 amide bonds. The lowest BCUT2D eigenvalue weighted by molar-refractivity contribution is 0.333. The Morgan fingerprint density at radius 2 is 1.00 bits per heavy atom. The third-order valence-corrected chi connectivity index (χ3v) is 10.6. The van der Waals surface area contributed by atoms with Gasteiger partial charge in [0.25, 0.3) is 0 Å². The van der Waals surface area contributed by atoms with Gasteiger partial charge in [0.2, 0.25) is 8.32 Å². The fourth-order valence-electron chi connectivity index (χ4n) is 4.58. The maximum absolute atomic E-state index is 6.32. The summed E-state index contributed by atoms with van der Waals surface area (Å²) in [6, 6.07) is 35.9. The molecular weight excluding hydrogens is 468 g/mol. The normalized spacial score (nSPS) is 11.1. The summed E-state index contributed by atoms with van der Waals surface area (Å²) in [5.74, 6) is 0. The van der Waals surface area contributed by atoms with Crippen LogP contribution in [0.3, 0.4) is 0 Å². The van der Waals surface area contributed by atoms with Crippen molar-refractivity contribution in [3.8, 4) is 11.1 Å². The second-order valence-corrected chi connectivity index (χ2v) is 12.9. The second-order valence-electron chi connectivity index (χ2n) is 9.26. The molecule has 0 fully saturated rings. The first-order valence-electron chi connectivity index (χ1n) is 12.8. The van der Waals surface area contributed by atoms with Crippen molar-refractivity contribution >= 4 is 36.3 Å². The van der Waals surface area contributed by atoms with Gasteiger partial charge in [-0.3, -0.25) is 0 Å². The molecule has 0 aromatic heterocycles. The Morgan fingerprint density at radius 3 is 1.38 bits per heavy atom. The molecule has 4 aromatic carbocycles. The Balaban J connectivity index is 1.41. The number of aryl methyl sites for hydroxylation is 1. The first-order valence-corrected chi connectivity index (χ1v) is 15.1. The molecule has 0 aliphatic heterocycles. The van der Waals surface area contributed by atoms with Gasteiger partial charge >= 0.3 is 0 Å². The smallest absolute Gasteiger partial charge is 0.231 e. The number of allylic oxidation sites excluding steroid dienone is 2. The Hall–Kier alpha value is -3.86. The summed E-state index contributed by atoms with van der Waals surface area (Å²) in [4.78, 5) is 0. The lowest BCUT2D eigenvalue weighted by Gasteiger charge is -2.29. The highest BCUT2D eigenvalue weighted by Crippen LogP contribution is 2.26. The fraction of sp³-hybridized carbons (Fsp3) is 0.152. The molecule has 0 saturated heterocycles. The lowest BCUT2D eigenvalue weighted by Crippen LogP contribution is -2.50. The Kier molecular flexibility index (Phi) is 8.78. The van der Waals surface area contributed by atoms with Gasteiger partial charge in [0.05, 0.1) is 0 Å². The predicted molar refractivity (Wildman–Crippen MR) is 163 cm³/mol. The molecule has 0 aliphatic rings. The number of hydrogen-bond acceptors (Lipinski definition) is 3. The van der Waals surface area contributed by atoms with Crippen molar-refractivity contribution in [3.05, 3.63) is 128 Å². The van der Waals surface area contributed by atoms with Crippen LogP contribution in [0.1, 0.15) is 12.5 Å². The first kappa shape index (κ1) is 26.2. The van der Waals surface area contributed by atoms with Crippen LogP contribution < -0.4 is 15.8 Å². The Labute approximate surface area is 222 Å². The summed E-state index contributed by atoms with van der Waals surface area (Å²) in [6.07, 6.45) is 3.96. The first-order chi connectivity index (χ1) is 18.0. The van der Waals surface area contributed by atoms with Gasteiger partial charge in [0, 0.05) is 29.4 Å². The Bertz CT molecular complexity index is 1280. The number of anilines is 4. The summed E-state index contributed by atoms with van der Waals surface area (Å²) in [5, 5.41) is 8.25. The highest BCUT2D eigenvalue weighted by atomic mass is 28.4. The maximum atomic E-state index is 6.32. The van der Waals surface area contributed by atoms with E-state index in [1.165, 1.54) is 21.9 Å². The molecule has 0 atom stereocenters. The lowest BCUT2D eigenvalue weighted by atomic mass is 10.0. The van der Waals surface area contributed by atoms with Gasteiger partial charge in [0.1, 0.15) is 0 Å². The zero-order valence-electron chi connectivity index (χ0n) is 21.8. The van der Waals surface area contributed by atoms with Crippen molar-refractivity contribution in [2.24, 2.45) is 0 Å². The molecule has 4 heteroatoms. The van der Waals surface area contributed by atoms with Gasteiger partial charge in [-0.05, 0) is 90.8 Å². The minimum absolute atomic E-state index is 0.701. The number of nitrogens with one attached hydrogen (secondary N) is 2. The maximum Gasteiger partial charge on any atom is 0.231 e. The highest BCUT2D eigenvalue weighted by molar-refractivity contribution is 6.87. The molecule has 0 aliphatic carbocycles. The summed E-state index contributed by atoms with van der Waals surface area (Å²) >= 11 is 0. The van der Waals surface area contributed by atoms with E-state index in [-0.39, 0.29) is 0 Å². The monoisotopic (exact) mass is 504 g/mol. The van der Waals surface area contributed by atoms with Crippen LogP contribution in [-0.4, -0.2) is 14.9 Å². The standard InChI is InChI=1S/C33H36N2OSi/c1-5-24-37(25-6-2,36-7-3)33-22-20-32(21-23-33)35-31-18-12-28(13-19-31)27-10-16-30(17-11-27)34-29-14-8-26(4)9-15-29/h5-6,8-23,34-35H,1-2,7,24-25H2,3-4H3. The van der Waals surface area contributed by atoms with E-state index >= 15 is 0 Å². The molecule has 2 N–H and O–H groups in total. The van der Waals surface area contributed by atoms with Gasteiger partial charge in [-0.1, -0.05) is 66.2 Å². The van der Waals surface area contributed by atoms with E-state index in [2.05, 4.69) is 135 Å². The molecule has 0 saturated carbocycles. The van der Waals surface area contributed by atoms with E-state index in [0.29, 0.717) is 6.61 Å². The number of hydrogen-bond donors (Lipinski definition) is 2. The number of benzene rings is 4. The summed E-state index contributed by atoms with van der Waals surface area (Å²) in [7, 11) is -2.13. The van der Waals surface area contributed by atoms with E-state index in [0.717, 1.165) is 34.8 Å². The largest absolute Gasteiger partial charge is 0.412 e. The minimum atomic E-state index is -2.13. The molecule has 0 heterocycles. The van der Waals surface area contributed by atoms with Gasteiger partial charge in [-0.15, -0.1) is 13.2 Å². The fourth-order valence-corrected chi connectivity index (χ4v) is 7.88. The SMILES string of the molecule is C=CC[Si](CC=C)(OCC)c1ccc(Nc2ccc(-c3ccc(Nc4ccc(C)cc4)cc3)cc2)cc1. The zero-order chi connectivity index (χ0) is 26.1. The van der Waals surface area contributed by atoms with Crippen LogP contribution in [0.5, 0.6) is 0 Å². The third kappa shape index (κ3) is 6.67. The van der Waals surface area contributed by atoms with Crippen molar-refractivity contribution in [2.45, 2.75) is 25.9 Å². The van der Waals surface area contributed by atoms with Crippen molar-refractivity contribution in [2.75, 3.05) is 17.2 Å². The Morgan fingerprint density at radius 1 is 0.622 bits per heavy atom. The minimum Gasteiger partial charge on any atom is -0.412 e. The van der Waals surface area contributed by atoms with E-state index in [9.17, 15) is 0 Å². The van der Waals surface area contributed by atoms with Crippen molar-refractivity contribution in [1.29, 1.82) is 0 Å². The molecule has 0 spiro atoms. The summed E-state index contributed by atoms with van der Waals surface area (Å²) in [6.45, 7) is 12.8. The van der Waals surface area contributed by atoms with E-state index in [1.807, 2.05) is 12.2 Å². The summed E-state index contributed by atoms with van der Waals surface area (Å²) in [5.41, 5.74) is 7.91. The molecule has 0 unspecified atom stereocenters. The second kappa shape index (κ2) is 12.4. The predicted octanol–water partition coefficient (Wildman–Crippen LogP) is 8.71. The van der Waals surface area contributed by atoms with Crippen LogP contribution in [0.15, 0.2) is 122 Å². The van der Waals surface area contributed by atoms with E-state index < -0.39 is 8.32 Å². The average molecular weight is 505 g/mol. The molecule has 4 rings (SSSR count). The van der Waals surface area contributed by atoms with Crippen molar-refractivity contribution < 1.29 is 4.43 Å². The average Bonchev–Trinajstić information content (AvgIpc) is 2.92. The molecule has 0 radical (unpaired) electrons. The van der Waals surface area contributed by atoms with Crippen LogP contribution in [0, 0.1) is 6.92 Å². The van der Waals surface area contributed by atoms with Crippen LogP contribution >= 0.6 is 0 Å². The summed E-state index contributed by atoms with van der Waals surface area (Å²) < 4.78 is 6.32. The van der Waals surface area contributed by atoms with Crippen LogP contribution in [0.2, 0.25) is 12.1 Å². The van der Waals surface area contributed by atoms with E-state index in [4.69, 9.17) is 4.43 Å². The van der Waals surface area contributed by atoms with Gasteiger partial charge in [0.15, 0.2) is 0 Å².